The molecule has 1 aromatic heterocycles. The van der Waals surface area contributed by atoms with Gasteiger partial charge in [-0.05, 0) is 50.0 Å². The quantitative estimate of drug-likeness (QED) is 0.237. The second-order valence-corrected chi connectivity index (χ2v) is 12.5. The van der Waals surface area contributed by atoms with Crippen molar-refractivity contribution in [3.05, 3.63) is 40.4 Å². The minimum absolute atomic E-state index is 0.0600. The summed E-state index contributed by atoms with van der Waals surface area (Å²) in [5.41, 5.74) is 1.46. The van der Waals surface area contributed by atoms with Crippen LogP contribution in [0.3, 0.4) is 0 Å². The third-order valence-corrected chi connectivity index (χ3v) is 9.28. The zero-order valence-corrected chi connectivity index (χ0v) is 25.8. The summed E-state index contributed by atoms with van der Waals surface area (Å²) in [6.45, 7) is 10.5. The molecule has 1 fully saturated rings. The van der Waals surface area contributed by atoms with E-state index in [1.165, 1.54) is 30.6 Å². The van der Waals surface area contributed by atoms with Crippen LogP contribution in [-0.2, 0) is 20.8 Å². The standard InChI is InChI=1S/C31H45ClN4O3S/c1-5-36(6-2)20-21(3)27(37)15-13-25(16-22-10-8-7-9-11-22)34-31(39)23(17-29(38)33-4)18-30-35-26-14-12-24(32)19-28(26)40-30/h12,14,19,22-23,25H,3,5-11,13,15-18,20H2,1-2,4H3,(H,33,38)(H,34,39)/t23-,25+/m0/s1. The summed E-state index contributed by atoms with van der Waals surface area (Å²) in [6.07, 6.45) is 8.24. The molecule has 0 unspecified atom stereocenters. The van der Waals surface area contributed by atoms with Crippen molar-refractivity contribution in [1.29, 1.82) is 0 Å². The topological polar surface area (TPSA) is 91.4 Å². The maximum absolute atomic E-state index is 13.7. The molecule has 2 N–H and O–H groups in total. The second-order valence-electron chi connectivity index (χ2n) is 11.0. The lowest BCUT2D eigenvalue weighted by molar-refractivity contribution is -0.130. The summed E-state index contributed by atoms with van der Waals surface area (Å²) >= 11 is 7.65. The van der Waals surface area contributed by atoms with E-state index < -0.39 is 5.92 Å². The number of thiazole rings is 1. The van der Waals surface area contributed by atoms with Crippen molar-refractivity contribution in [2.45, 2.75) is 84.1 Å². The summed E-state index contributed by atoms with van der Waals surface area (Å²) < 4.78 is 0.959. The fraction of sp³-hybridized carbons (Fsp3) is 0.613. The predicted octanol–water partition coefficient (Wildman–Crippen LogP) is 5.95. The maximum Gasteiger partial charge on any atom is 0.224 e. The fourth-order valence-corrected chi connectivity index (χ4v) is 6.83. The van der Waals surface area contributed by atoms with Crippen LogP contribution in [-0.4, -0.2) is 60.2 Å². The number of likely N-dealkylation sites (N-methyl/N-ethyl adjacent to an activating group) is 1. The van der Waals surface area contributed by atoms with Crippen LogP contribution in [0.15, 0.2) is 30.4 Å². The number of rotatable bonds is 16. The Labute approximate surface area is 248 Å². The molecule has 3 rings (SSSR count). The van der Waals surface area contributed by atoms with Crippen molar-refractivity contribution < 1.29 is 14.4 Å². The zero-order valence-electron chi connectivity index (χ0n) is 24.3. The van der Waals surface area contributed by atoms with E-state index in [0.29, 0.717) is 42.3 Å². The van der Waals surface area contributed by atoms with Crippen molar-refractivity contribution in [2.75, 3.05) is 26.7 Å². The number of carbonyl (C=O) groups is 3. The second kappa shape index (κ2) is 16.2. The number of hydrogen-bond donors (Lipinski definition) is 2. The van der Waals surface area contributed by atoms with E-state index >= 15 is 0 Å². The van der Waals surface area contributed by atoms with Gasteiger partial charge < -0.3 is 10.6 Å². The van der Waals surface area contributed by atoms with E-state index in [1.54, 1.807) is 13.1 Å². The van der Waals surface area contributed by atoms with Crippen molar-refractivity contribution in [3.63, 3.8) is 0 Å². The predicted molar refractivity (Wildman–Crippen MR) is 165 cm³/mol. The van der Waals surface area contributed by atoms with Gasteiger partial charge in [-0.3, -0.25) is 19.3 Å². The van der Waals surface area contributed by atoms with Crippen LogP contribution < -0.4 is 10.6 Å². The molecule has 1 aliphatic rings. The summed E-state index contributed by atoms with van der Waals surface area (Å²) in [5.74, 6) is -0.297. The van der Waals surface area contributed by atoms with Crippen molar-refractivity contribution >= 4 is 50.8 Å². The highest BCUT2D eigenvalue weighted by Gasteiger charge is 2.28. The van der Waals surface area contributed by atoms with E-state index in [9.17, 15) is 14.4 Å². The lowest BCUT2D eigenvalue weighted by Gasteiger charge is -2.28. The number of halogens is 1. The first-order valence-corrected chi connectivity index (χ1v) is 15.9. The van der Waals surface area contributed by atoms with Gasteiger partial charge in [-0.1, -0.05) is 64.1 Å². The molecule has 0 bridgehead atoms. The van der Waals surface area contributed by atoms with Crippen LogP contribution >= 0.6 is 22.9 Å². The van der Waals surface area contributed by atoms with Crippen LogP contribution in [0.25, 0.3) is 10.2 Å². The highest BCUT2D eigenvalue weighted by molar-refractivity contribution is 7.18. The Kier molecular flexibility index (Phi) is 13.1. The van der Waals surface area contributed by atoms with E-state index in [-0.39, 0.29) is 30.1 Å². The first-order valence-electron chi connectivity index (χ1n) is 14.7. The Morgan fingerprint density at radius 2 is 1.90 bits per heavy atom. The normalized spacial score (nSPS) is 15.6. The molecule has 9 heteroatoms. The maximum atomic E-state index is 13.7. The van der Waals surface area contributed by atoms with Gasteiger partial charge in [0, 0.05) is 49.5 Å². The Balaban J connectivity index is 1.71. The van der Waals surface area contributed by atoms with Gasteiger partial charge in [-0.25, -0.2) is 4.98 Å². The highest BCUT2D eigenvalue weighted by Crippen LogP contribution is 2.30. The summed E-state index contributed by atoms with van der Waals surface area (Å²) in [7, 11) is 1.58. The molecule has 0 saturated heterocycles. The van der Waals surface area contributed by atoms with E-state index in [4.69, 9.17) is 11.6 Å². The van der Waals surface area contributed by atoms with Gasteiger partial charge in [0.05, 0.1) is 21.1 Å². The molecule has 0 spiro atoms. The number of fused-ring (bicyclic) bond motifs is 1. The number of nitrogens with zero attached hydrogens (tertiary/aromatic N) is 2. The smallest absolute Gasteiger partial charge is 0.224 e. The average Bonchev–Trinajstić information content (AvgIpc) is 3.35. The molecule has 7 nitrogen and oxygen atoms in total. The van der Waals surface area contributed by atoms with Gasteiger partial charge in [-0.2, -0.15) is 0 Å². The van der Waals surface area contributed by atoms with E-state index in [1.807, 2.05) is 12.1 Å². The Morgan fingerprint density at radius 3 is 2.58 bits per heavy atom. The number of Topliss-reactive ketones (excluding diaryl/α,β-unsaturated/α-hetero) is 1. The molecule has 2 amide bonds. The molecule has 1 aliphatic carbocycles. The summed E-state index contributed by atoms with van der Waals surface area (Å²) in [4.78, 5) is 45.9. The molecule has 1 heterocycles. The summed E-state index contributed by atoms with van der Waals surface area (Å²) in [5, 5.41) is 7.35. The monoisotopic (exact) mass is 588 g/mol. The number of nitrogens with one attached hydrogen (secondary N) is 2. The number of ketones is 1. The van der Waals surface area contributed by atoms with Crippen LogP contribution in [0, 0.1) is 11.8 Å². The molecule has 1 aromatic carbocycles. The first-order chi connectivity index (χ1) is 19.2. The van der Waals surface area contributed by atoms with Crippen molar-refractivity contribution in [3.8, 4) is 0 Å². The number of benzene rings is 1. The molecular weight excluding hydrogens is 544 g/mol. The number of aromatic nitrogens is 1. The van der Waals surface area contributed by atoms with Gasteiger partial charge in [0.2, 0.25) is 11.8 Å². The molecule has 0 radical (unpaired) electrons. The molecule has 40 heavy (non-hydrogen) atoms. The van der Waals surface area contributed by atoms with E-state index in [0.717, 1.165) is 47.6 Å². The molecule has 2 aromatic rings. The molecule has 0 aliphatic heterocycles. The minimum atomic E-state index is -0.557. The van der Waals surface area contributed by atoms with Crippen LogP contribution in [0.2, 0.25) is 5.02 Å². The van der Waals surface area contributed by atoms with Crippen LogP contribution in [0.4, 0.5) is 0 Å². The lowest BCUT2D eigenvalue weighted by Crippen LogP contribution is -2.42. The van der Waals surface area contributed by atoms with Crippen LogP contribution in [0.5, 0.6) is 0 Å². The van der Waals surface area contributed by atoms with Crippen molar-refractivity contribution in [1.82, 2.24) is 20.5 Å². The largest absolute Gasteiger partial charge is 0.359 e. The number of hydrogen-bond acceptors (Lipinski definition) is 6. The van der Waals surface area contributed by atoms with Gasteiger partial charge in [0.1, 0.15) is 0 Å². The average molecular weight is 589 g/mol. The van der Waals surface area contributed by atoms with E-state index in [2.05, 4.69) is 40.9 Å². The molecular formula is C31H45ClN4O3S. The fourth-order valence-electron chi connectivity index (χ4n) is 5.51. The first kappa shape index (κ1) is 32.2. The number of amides is 2. The van der Waals surface area contributed by atoms with Crippen LogP contribution in [0.1, 0.15) is 76.6 Å². The Hall–Kier alpha value is -2.29. The van der Waals surface area contributed by atoms with Crippen molar-refractivity contribution in [2.24, 2.45) is 11.8 Å². The number of carbonyl (C=O) groups excluding carboxylic acids is 3. The lowest BCUT2D eigenvalue weighted by atomic mass is 9.83. The molecule has 2 atom stereocenters. The van der Waals surface area contributed by atoms with Gasteiger partial charge in [0.25, 0.3) is 0 Å². The Bertz CT molecular complexity index is 1160. The third-order valence-electron chi connectivity index (χ3n) is 8.01. The molecule has 1 saturated carbocycles. The van der Waals surface area contributed by atoms with Gasteiger partial charge in [0.15, 0.2) is 5.78 Å². The minimum Gasteiger partial charge on any atom is -0.359 e. The van der Waals surface area contributed by atoms with Gasteiger partial charge in [-0.15, -0.1) is 11.3 Å². The highest BCUT2D eigenvalue weighted by atomic mass is 35.5. The SMILES string of the molecule is C=C(CN(CC)CC)C(=O)CC[C@H](CC1CCCCC1)NC(=O)[C@@H](CC(=O)NC)Cc1nc2ccc(Cl)cc2s1. The molecule has 220 valence electrons. The summed E-state index contributed by atoms with van der Waals surface area (Å²) in [6, 6.07) is 5.42. The Morgan fingerprint density at radius 1 is 1.18 bits per heavy atom. The third kappa shape index (κ3) is 9.96. The zero-order chi connectivity index (χ0) is 29.1. The van der Waals surface area contributed by atoms with Gasteiger partial charge >= 0.3 is 0 Å².